The van der Waals surface area contributed by atoms with Crippen LogP contribution in [0.4, 0.5) is 5.69 Å². The average Bonchev–Trinajstić information content (AvgIpc) is 2.57. The number of hydrogen-bond acceptors (Lipinski definition) is 2. The summed E-state index contributed by atoms with van der Waals surface area (Å²) < 4.78 is 0. The van der Waals surface area contributed by atoms with Crippen molar-refractivity contribution in [2.24, 2.45) is 0 Å². The second-order valence-corrected chi connectivity index (χ2v) is 5.02. The van der Waals surface area contributed by atoms with Crippen molar-refractivity contribution < 1.29 is 0 Å². The maximum absolute atomic E-state index is 3.65. The fourth-order valence-corrected chi connectivity index (χ4v) is 2.51. The van der Waals surface area contributed by atoms with Crippen LogP contribution in [0.25, 0.3) is 0 Å². The van der Waals surface area contributed by atoms with Crippen molar-refractivity contribution in [2.75, 3.05) is 11.4 Å². The minimum atomic E-state index is 0.608. The number of rotatable bonds is 3. The van der Waals surface area contributed by atoms with Crippen molar-refractivity contribution in [1.29, 1.82) is 0 Å². The molecule has 2 atom stereocenters. The Bertz CT molecular complexity index is 362. The lowest BCUT2D eigenvalue weighted by molar-refractivity contribution is 0.482. The zero-order valence-electron chi connectivity index (χ0n) is 11.2. The van der Waals surface area contributed by atoms with Crippen LogP contribution in [0.5, 0.6) is 0 Å². The predicted octanol–water partition coefficient (Wildman–Crippen LogP) is 3.17. The molecule has 0 aliphatic carbocycles. The largest absolute Gasteiger partial charge is 0.367 e. The Morgan fingerprint density at radius 2 is 2.12 bits per heavy atom. The summed E-state index contributed by atoms with van der Waals surface area (Å²) in [6.07, 6.45) is 2.39. The first-order valence-electron chi connectivity index (χ1n) is 6.84. The molecule has 17 heavy (non-hydrogen) atoms. The summed E-state index contributed by atoms with van der Waals surface area (Å²) in [5, 5.41) is 3.65. The maximum atomic E-state index is 3.65. The summed E-state index contributed by atoms with van der Waals surface area (Å²) >= 11 is 0. The lowest BCUT2D eigenvalue weighted by Gasteiger charge is -2.32. The minimum Gasteiger partial charge on any atom is -0.367 e. The van der Waals surface area contributed by atoms with E-state index >= 15 is 0 Å². The molecule has 1 aromatic carbocycles. The number of hydrogen-bond donors (Lipinski definition) is 1. The van der Waals surface area contributed by atoms with E-state index in [4.69, 9.17) is 0 Å². The lowest BCUT2D eigenvalue weighted by atomic mass is 10.1. The quantitative estimate of drug-likeness (QED) is 0.861. The molecule has 2 rings (SSSR count). The van der Waals surface area contributed by atoms with Gasteiger partial charge in [0.15, 0.2) is 0 Å². The molecule has 0 radical (unpaired) electrons. The van der Waals surface area contributed by atoms with Crippen LogP contribution in [0, 0.1) is 0 Å². The summed E-state index contributed by atoms with van der Waals surface area (Å²) in [4.78, 5) is 2.57. The van der Waals surface area contributed by atoms with E-state index < -0.39 is 0 Å². The smallest absolute Gasteiger partial charge is 0.0414 e. The van der Waals surface area contributed by atoms with Gasteiger partial charge in [-0.15, -0.1) is 0 Å². The van der Waals surface area contributed by atoms with Crippen molar-refractivity contribution >= 4 is 5.69 Å². The van der Waals surface area contributed by atoms with Crippen molar-refractivity contribution in [3.05, 3.63) is 29.8 Å². The number of para-hydroxylation sites is 1. The van der Waals surface area contributed by atoms with Gasteiger partial charge in [-0.25, -0.2) is 0 Å². The van der Waals surface area contributed by atoms with Crippen LogP contribution >= 0.6 is 0 Å². The van der Waals surface area contributed by atoms with Gasteiger partial charge < -0.3 is 10.2 Å². The summed E-state index contributed by atoms with van der Waals surface area (Å²) in [5.41, 5.74) is 2.86. The molecule has 94 valence electrons. The summed E-state index contributed by atoms with van der Waals surface area (Å²) in [7, 11) is 0. The van der Waals surface area contributed by atoms with E-state index in [0.717, 1.165) is 13.1 Å². The van der Waals surface area contributed by atoms with Crippen molar-refractivity contribution in [3.63, 3.8) is 0 Å². The second kappa shape index (κ2) is 5.54. The third kappa shape index (κ3) is 2.63. The Morgan fingerprint density at radius 1 is 1.35 bits per heavy atom. The first-order chi connectivity index (χ1) is 8.26. The highest BCUT2D eigenvalue weighted by Gasteiger charge is 2.22. The Kier molecular flexibility index (Phi) is 4.06. The van der Waals surface area contributed by atoms with E-state index in [1.807, 2.05) is 0 Å². The molecule has 1 aromatic rings. The molecule has 1 heterocycles. The fraction of sp³-hybridized carbons (Fsp3) is 0.600. The molecule has 1 aliphatic heterocycles. The number of fused-ring (bicyclic) bond motifs is 1. The molecule has 0 fully saturated rings. The highest BCUT2D eigenvalue weighted by atomic mass is 15.2. The van der Waals surface area contributed by atoms with E-state index in [-0.39, 0.29) is 0 Å². The number of anilines is 1. The molecule has 0 saturated heterocycles. The van der Waals surface area contributed by atoms with Gasteiger partial charge in [0.25, 0.3) is 0 Å². The van der Waals surface area contributed by atoms with E-state index in [9.17, 15) is 0 Å². The molecule has 0 saturated carbocycles. The molecule has 0 bridgehead atoms. The molecule has 1 N–H and O–H groups in total. The van der Waals surface area contributed by atoms with Crippen LogP contribution < -0.4 is 10.2 Å². The third-order valence-corrected chi connectivity index (χ3v) is 3.91. The first-order valence-corrected chi connectivity index (χ1v) is 6.84. The van der Waals surface area contributed by atoms with Crippen LogP contribution in [0.2, 0.25) is 0 Å². The monoisotopic (exact) mass is 232 g/mol. The van der Waals surface area contributed by atoms with E-state index in [0.29, 0.717) is 12.1 Å². The van der Waals surface area contributed by atoms with Gasteiger partial charge in [-0.1, -0.05) is 32.0 Å². The molecule has 0 amide bonds. The van der Waals surface area contributed by atoms with E-state index in [2.05, 4.69) is 55.3 Å². The highest BCUT2D eigenvalue weighted by molar-refractivity contribution is 5.55. The molecule has 2 heteroatoms. The van der Waals surface area contributed by atoms with E-state index in [1.54, 1.807) is 0 Å². The summed E-state index contributed by atoms with van der Waals surface area (Å²) in [6.45, 7) is 8.99. The van der Waals surface area contributed by atoms with Crippen molar-refractivity contribution in [3.8, 4) is 0 Å². The first kappa shape index (κ1) is 12.4. The standard InChI is InChI=1S/C15H24N2/c1-4-12(3)17-11-14(5-2)16-10-13-8-6-7-9-15(13)17/h6-9,12,14,16H,4-5,10-11H2,1-3H3. The molecule has 1 aliphatic rings. The molecule has 2 nitrogen and oxygen atoms in total. The SMILES string of the molecule is CCC1CN(C(C)CC)c2ccccc2CN1. The molecular formula is C15H24N2. The zero-order chi connectivity index (χ0) is 12.3. The number of benzene rings is 1. The zero-order valence-corrected chi connectivity index (χ0v) is 11.2. The molecular weight excluding hydrogens is 208 g/mol. The fourth-order valence-electron chi connectivity index (χ4n) is 2.51. The van der Waals surface area contributed by atoms with Gasteiger partial charge in [0.1, 0.15) is 0 Å². The van der Waals surface area contributed by atoms with E-state index in [1.165, 1.54) is 24.1 Å². The minimum absolute atomic E-state index is 0.608. The van der Waals surface area contributed by atoms with Gasteiger partial charge >= 0.3 is 0 Å². The van der Waals surface area contributed by atoms with Crippen molar-refractivity contribution in [2.45, 2.75) is 52.2 Å². The van der Waals surface area contributed by atoms with Gasteiger partial charge in [0.05, 0.1) is 0 Å². The highest BCUT2D eigenvalue weighted by Crippen LogP contribution is 2.26. The van der Waals surface area contributed by atoms with Crippen LogP contribution in [-0.2, 0) is 6.54 Å². The van der Waals surface area contributed by atoms with Gasteiger partial charge in [-0.3, -0.25) is 0 Å². The third-order valence-electron chi connectivity index (χ3n) is 3.91. The Hall–Kier alpha value is -1.02. The molecule has 2 unspecified atom stereocenters. The maximum Gasteiger partial charge on any atom is 0.0414 e. The summed E-state index contributed by atoms with van der Waals surface area (Å²) in [6, 6.07) is 10.0. The summed E-state index contributed by atoms with van der Waals surface area (Å²) in [5.74, 6) is 0. The Labute approximate surface area is 105 Å². The van der Waals surface area contributed by atoms with Crippen LogP contribution in [0.1, 0.15) is 39.2 Å². The number of nitrogens with zero attached hydrogens (tertiary/aromatic N) is 1. The topological polar surface area (TPSA) is 15.3 Å². The number of nitrogens with one attached hydrogen (secondary N) is 1. The van der Waals surface area contributed by atoms with Gasteiger partial charge in [0, 0.05) is 30.9 Å². The molecule has 0 spiro atoms. The molecule has 0 aromatic heterocycles. The van der Waals surface area contributed by atoms with Gasteiger partial charge in [0.2, 0.25) is 0 Å². The lowest BCUT2D eigenvalue weighted by Crippen LogP contribution is -2.41. The van der Waals surface area contributed by atoms with Gasteiger partial charge in [-0.05, 0) is 31.4 Å². The van der Waals surface area contributed by atoms with Gasteiger partial charge in [-0.2, -0.15) is 0 Å². The average molecular weight is 232 g/mol. The van der Waals surface area contributed by atoms with Crippen LogP contribution in [0.3, 0.4) is 0 Å². The van der Waals surface area contributed by atoms with Crippen LogP contribution in [0.15, 0.2) is 24.3 Å². The Balaban J connectivity index is 2.32. The second-order valence-electron chi connectivity index (χ2n) is 5.02. The Morgan fingerprint density at radius 3 is 2.82 bits per heavy atom. The van der Waals surface area contributed by atoms with Crippen molar-refractivity contribution in [1.82, 2.24) is 5.32 Å². The normalized spacial score (nSPS) is 21.8. The predicted molar refractivity (Wildman–Crippen MR) is 74.5 cm³/mol. The van der Waals surface area contributed by atoms with Crippen LogP contribution in [-0.4, -0.2) is 18.6 Å².